The summed E-state index contributed by atoms with van der Waals surface area (Å²) in [6.07, 6.45) is 6.27. The normalized spacial score (nSPS) is 15.2. The molecule has 0 aromatic heterocycles. The number of anilines is 1. The van der Waals surface area contributed by atoms with Crippen molar-refractivity contribution < 1.29 is 18.0 Å². The van der Waals surface area contributed by atoms with Crippen molar-refractivity contribution in [1.82, 2.24) is 10.2 Å². The second kappa shape index (κ2) is 12.1. The average molecular weight is 534 g/mol. The van der Waals surface area contributed by atoms with Crippen LogP contribution in [-0.4, -0.2) is 50.0 Å². The van der Waals surface area contributed by atoms with Crippen molar-refractivity contribution in [2.24, 2.45) is 0 Å². The molecule has 1 N–H and O–H groups in total. The van der Waals surface area contributed by atoms with Crippen LogP contribution in [0.25, 0.3) is 0 Å². The largest absolute Gasteiger partial charge is 0.352 e. The van der Waals surface area contributed by atoms with Crippen LogP contribution in [-0.2, 0) is 26.2 Å². The van der Waals surface area contributed by atoms with Crippen molar-refractivity contribution in [2.45, 2.75) is 71.5 Å². The Balaban J connectivity index is 1.90. The number of para-hydroxylation sites is 1. The van der Waals surface area contributed by atoms with E-state index in [2.05, 4.69) is 5.32 Å². The summed E-state index contributed by atoms with van der Waals surface area (Å²) in [4.78, 5) is 28.4. The van der Waals surface area contributed by atoms with Gasteiger partial charge in [-0.3, -0.25) is 13.9 Å². The Hall–Kier alpha value is -2.58. The summed E-state index contributed by atoms with van der Waals surface area (Å²) < 4.78 is 26.8. The molecule has 36 heavy (non-hydrogen) atoms. The maximum Gasteiger partial charge on any atom is 0.244 e. The number of nitrogens with one attached hydrogen (secondary N) is 1. The number of nitrogens with zero attached hydrogens (tertiary/aromatic N) is 2. The second-order valence-corrected chi connectivity index (χ2v) is 12.0. The Bertz CT molecular complexity index is 1160. The van der Waals surface area contributed by atoms with Crippen LogP contribution in [0.2, 0.25) is 5.02 Å². The van der Waals surface area contributed by atoms with Crippen LogP contribution in [0.1, 0.15) is 55.7 Å². The van der Waals surface area contributed by atoms with Gasteiger partial charge >= 0.3 is 0 Å². The molecule has 0 radical (unpaired) electrons. The van der Waals surface area contributed by atoms with Gasteiger partial charge in [0.15, 0.2) is 0 Å². The molecule has 2 aromatic carbocycles. The van der Waals surface area contributed by atoms with Crippen LogP contribution >= 0.6 is 11.6 Å². The first-order chi connectivity index (χ1) is 17.0. The molecule has 0 spiro atoms. The zero-order valence-corrected chi connectivity index (χ0v) is 23.0. The summed E-state index contributed by atoms with van der Waals surface area (Å²) in [7, 11) is -3.77. The summed E-state index contributed by atoms with van der Waals surface area (Å²) in [5.41, 5.74) is 2.78. The lowest BCUT2D eigenvalue weighted by Gasteiger charge is -2.33. The molecule has 2 aromatic rings. The number of rotatable bonds is 9. The molecule has 3 rings (SSSR count). The van der Waals surface area contributed by atoms with E-state index >= 15 is 0 Å². The third-order valence-corrected chi connectivity index (χ3v) is 8.12. The Kier molecular flexibility index (Phi) is 9.41. The predicted octanol–water partition coefficient (Wildman–Crippen LogP) is 4.59. The summed E-state index contributed by atoms with van der Waals surface area (Å²) in [6, 6.07) is 11.9. The van der Waals surface area contributed by atoms with Gasteiger partial charge in [0.05, 0.1) is 11.9 Å². The highest BCUT2D eigenvalue weighted by Gasteiger charge is 2.32. The molecule has 1 saturated carbocycles. The standard InChI is InChI=1S/C27H36ClN3O4S/c1-19-9-8-10-20(2)26(19)31(36(4,34)35)18-25(32)30(17-22-13-15-23(28)16-14-22)21(3)27(33)29-24-11-6-5-7-12-24/h8-10,13-16,21,24H,5-7,11-12,17-18H2,1-4H3,(H,29,33). The number of hydrogen-bond donors (Lipinski definition) is 1. The van der Waals surface area contributed by atoms with E-state index < -0.39 is 28.5 Å². The molecule has 1 atom stereocenters. The van der Waals surface area contributed by atoms with Gasteiger partial charge in [0.2, 0.25) is 21.8 Å². The van der Waals surface area contributed by atoms with Gasteiger partial charge in [0.25, 0.3) is 0 Å². The SMILES string of the molecule is Cc1cccc(C)c1N(CC(=O)N(Cc1ccc(Cl)cc1)C(C)C(=O)NC1CCCCC1)S(C)(=O)=O. The monoisotopic (exact) mass is 533 g/mol. The lowest BCUT2D eigenvalue weighted by atomic mass is 9.95. The minimum absolute atomic E-state index is 0.100. The summed E-state index contributed by atoms with van der Waals surface area (Å²) in [6.45, 7) is 5.07. The van der Waals surface area contributed by atoms with Crippen LogP contribution in [0.5, 0.6) is 0 Å². The van der Waals surface area contributed by atoms with Gasteiger partial charge in [0, 0.05) is 17.6 Å². The molecular formula is C27H36ClN3O4S. The number of halogens is 1. The number of hydrogen-bond acceptors (Lipinski definition) is 4. The van der Waals surface area contributed by atoms with Crippen LogP contribution in [0, 0.1) is 13.8 Å². The van der Waals surface area contributed by atoms with E-state index in [9.17, 15) is 18.0 Å². The molecule has 1 fully saturated rings. The van der Waals surface area contributed by atoms with E-state index in [0.717, 1.165) is 52.9 Å². The highest BCUT2D eigenvalue weighted by Crippen LogP contribution is 2.27. The highest BCUT2D eigenvalue weighted by atomic mass is 35.5. The van der Waals surface area contributed by atoms with E-state index in [-0.39, 0.29) is 18.5 Å². The van der Waals surface area contributed by atoms with Crippen molar-refractivity contribution in [3.8, 4) is 0 Å². The van der Waals surface area contributed by atoms with Crippen molar-refractivity contribution in [3.05, 3.63) is 64.2 Å². The molecule has 1 aliphatic carbocycles. The fourth-order valence-corrected chi connectivity index (χ4v) is 5.80. The molecule has 1 aliphatic rings. The molecule has 0 aliphatic heterocycles. The third kappa shape index (κ3) is 7.23. The average Bonchev–Trinajstić information content (AvgIpc) is 2.82. The fraction of sp³-hybridized carbons (Fsp3) is 0.481. The smallest absolute Gasteiger partial charge is 0.244 e. The Morgan fingerprint density at radius 2 is 1.61 bits per heavy atom. The minimum atomic E-state index is -3.77. The van der Waals surface area contributed by atoms with E-state index in [1.54, 1.807) is 31.2 Å². The van der Waals surface area contributed by atoms with Crippen molar-refractivity contribution in [3.63, 3.8) is 0 Å². The molecular weight excluding hydrogens is 498 g/mol. The van der Waals surface area contributed by atoms with Crippen LogP contribution in [0.15, 0.2) is 42.5 Å². The molecule has 0 saturated heterocycles. The van der Waals surface area contributed by atoms with Crippen LogP contribution in [0.4, 0.5) is 5.69 Å². The first kappa shape index (κ1) is 28.0. The first-order valence-corrected chi connectivity index (χ1v) is 14.6. The predicted molar refractivity (Wildman–Crippen MR) is 145 cm³/mol. The number of carbonyl (C=O) groups is 2. The van der Waals surface area contributed by atoms with Crippen molar-refractivity contribution >= 4 is 39.1 Å². The molecule has 0 bridgehead atoms. The second-order valence-electron chi connectivity index (χ2n) is 9.68. The molecule has 196 valence electrons. The maximum absolute atomic E-state index is 13.7. The minimum Gasteiger partial charge on any atom is -0.352 e. The van der Waals surface area contributed by atoms with Crippen LogP contribution < -0.4 is 9.62 Å². The van der Waals surface area contributed by atoms with E-state index in [1.165, 1.54) is 11.3 Å². The quantitative estimate of drug-likeness (QED) is 0.511. The molecule has 9 heteroatoms. The summed E-state index contributed by atoms with van der Waals surface area (Å²) in [5, 5.41) is 3.66. The van der Waals surface area contributed by atoms with Gasteiger partial charge in [-0.1, -0.05) is 61.2 Å². The number of aryl methyl sites for hydroxylation is 2. The van der Waals surface area contributed by atoms with E-state index in [1.807, 2.05) is 32.0 Å². The lowest BCUT2D eigenvalue weighted by molar-refractivity contribution is -0.139. The Labute approximate surface area is 219 Å². The number of benzene rings is 2. The van der Waals surface area contributed by atoms with Gasteiger partial charge in [-0.15, -0.1) is 0 Å². The number of amides is 2. The van der Waals surface area contributed by atoms with Crippen molar-refractivity contribution in [2.75, 3.05) is 17.1 Å². The van der Waals surface area contributed by atoms with Crippen LogP contribution in [0.3, 0.4) is 0 Å². The Morgan fingerprint density at radius 3 is 2.17 bits per heavy atom. The first-order valence-electron chi connectivity index (χ1n) is 12.4. The van der Waals surface area contributed by atoms with Gasteiger partial charge in [0.1, 0.15) is 12.6 Å². The van der Waals surface area contributed by atoms with Crippen molar-refractivity contribution in [1.29, 1.82) is 0 Å². The Morgan fingerprint density at radius 1 is 1.03 bits per heavy atom. The van der Waals surface area contributed by atoms with E-state index in [0.29, 0.717) is 10.7 Å². The summed E-state index contributed by atoms with van der Waals surface area (Å²) in [5.74, 6) is -0.688. The topological polar surface area (TPSA) is 86.8 Å². The molecule has 7 nitrogen and oxygen atoms in total. The number of sulfonamides is 1. The van der Waals surface area contributed by atoms with Gasteiger partial charge in [-0.05, 0) is 62.4 Å². The lowest BCUT2D eigenvalue weighted by Crippen LogP contribution is -2.53. The number of carbonyl (C=O) groups excluding carboxylic acids is 2. The zero-order valence-electron chi connectivity index (χ0n) is 21.5. The molecule has 1 unspecified atom stereocenters. The maximum atomic E-state index is 13.7. The zero-order chi connectivity index (χ0) is 26.5. The van der Waals surface area contributed by atoms with Gasteiger partial charge in [-0.2, -0.15) is 0 Å². The van der Waals surface area contributed by atoms with Gasteiger partial charge < -0.3 is 10.2 Å². The summed E-state index contributed by atoms with van der Waals surface area (Å²) >= 11 is 6.03. The third-order valence-electron chi connectivity index (χ3n) is 6.75. The molecule has 0 heterocycles. The molecule has 2 amide bonds. The highest BCUT2D eigenvalue weighted by molar-refractivity contribution is 7.92. The van der Waals surface area contributed by atoms with E-state index in [4.69, 9.17) is 11.6 Å². The fourth-order valence-electron chi connectivity index (χ4n) is 4.71. The van der Waals surface area contributed by atoms with Gasteiger partial charge in [-0.25, -0.2) is 8.42 Å².